The average molecular weight is 288 g/mol. The van der Waals surface area contributed by atoms with E-state index in [1.165, 1.54) is 0 Å². The van der Waals surface area contributed by atoms with Crippen molar-refractivity contribution in [1.29, 1.82) is 0 Å². The van der Waals surface area contributed by atoms with Gasteiger partial charge in [-0.15, -0.1) is 0 Å². The number of ether oxygens (including phenoxy) is 1. The second kappa shape index (κ2) is 7.46. The van der Waals surface area contributed by atoms with E-state index in [2.05, 4.69) is 29.7 Å². The molecule has 0 amide bonds. The van der Waals surface area contributed by atoms with Crippen LogP contribution in [0.25, 0.3) is 0 Å². The van der Waals surface area contributed by atoms with Crippen molar-refractivity contribution in [3.63, 3.8) is 0 Å². The zero-order chi connectivity index (χ0) is 15.2. The summed E-state index contributed by atoms with van der Waals surface area (Å²) in [6.07, 6.45) is 1.13. The minimum Gasteiger partial charge on any atom is -0.496 e. The van der Waals surface area contributed by atoms with Crippen molar-refractivity contribution >= 4 is 0 Å². The lowest BCUT2D eigenvalue weighted by Crippen LogP contribution is -2.34. The molecule has 2 atom stereocenters. The van der Waals surface area contributed by atoms with Crippen molar-refractivity contribution in [2.45, 2.75) is 25.9 Å². The molecule has 4 heteroatoms. The summed E-state index contributed by atoms with van der Waals surface area (Å²) in [5.41, 5.74) is 7.47. The maximum atomic E-state index is 9.57. The number of aliphatic hydroxyl groups excluding tert-OH is 1. The van der Waals surface area contributed by atoms with Crippen molar-refractivity contribution in [3.8, 4) is 17.6 Å². The van der Waals surface area contributed by atoms with E-state index in [-0.39, 0.29) is 12.6 Å². The summed E-state index contributed by atoms with van der Waals surface area (Å²) in [7, 11) is 1.68. The van der Waals surface area contributed by atoms with Crippen LogP contribution in [0.15, 0.2) is 18.2 Å². The minimum absolute atomic E-state index is 0.205. The fourth-order valence-electron chi connectivity index (χ4n) is 2.93. The maximum absolute atomic E-state index is 9.57. The number of benzene rings is 1. The summed E-state index contributed by atoms with van der Waals surface area (Å²) >= 11 is 0. The van der Waals surface area contributed by atoms with Gasteiger partial charge < -0.3 is 15.6 Å². The van der Waals surface area contributed by atoms with Gasteiger partial charge in [-0.2, -0.15) is 0 Å². The van der Waals surface area contributed by atoms with Crippen molar-refractivity contribution in [2.75, 3.05) is 26.8 Å². The molecule has 0 saturated carbocycles. The molecule has 1 heterocycles. The summed E-state index contributed by atoms with van der Waals surface area (Å²) in [6.45, 7) is 4.54. The van der Waals surface area contributed by atoms with Crippen LogP contribution in [0.3, 0.4) is 0 Å². The topological polar surface area (TPSA) is 58.7 Å². The molecule has 2 unspecified atom stereocenters. The minimum atomic E-state index is 0.205. The molecule has 3 N–H and O–H groups in total. The highest BCUT2D eigenvalue weighted by molar-refractivity contribution is 5.44. The lowest BCUT2D eigenvalue weighted by Gasteiger charge is -2.25. The Labute approximate surface area is 126 Å². The highest BCUT2D eigenvalue weighted by Crippen LogP contribution is 2.28. The number of hydrogen-bond acceptors (Lipinski definition) is 4. The molecular weight excluding hydrogens is 264 g/mol. The zero-order valence-corrected chi connectivity index (χ0v) is 12.8. The normalized spacial score (nSPS) is 21.9. The zero-order valence-electron chi connectivity index (χ0n) is 12.8. The van der Waals surface area contributed by atoms with E-state index >= 15 is 0 Å². The van der Waals surface area contributed by atoms with Crippen LogP contribution in [-0.2, 0) is 6.54 Å². The van der Waals surface area contributed by atoms with Crippen molar-refractivity contribution in [3.05, 3.63) is 29.3 Å². The lowest BCUT2D eigenvalue weighted by molar-refractivity contribution is 0.133. The Morgan fingerprint density at radius 3 is 2.95 bits per heavy atom. The van der Waals surface area contributed by atoms with Crippen LogP contribution in [-0.4, -0.2) is 42.9 Å². The van der Waals surface area contributed by atoms with E-state index in [1.54, 1.807) is 7.11 Å². The van der Waals surface area contributed by atoms with Crippen LogP contribution >= 0.6 is 0 Å². The molecule has 0 radical (unpaired) electrons. The van der Waals surface area contributed by atoms with Crippen molar-refractivity contribution in [1.82, 2.24) is 4.90 Å². The standard InChI is InChI=1S/C17H24N2O2/c1-13-7-9-19(16(13)12-20)11-15-10-14(4-3-8-18)5-6-17(15)21-2/h5-6,10,13,16,20H,7-9,11-12,18H2,1-2H3. The van der Waals surface area contributed by atoms with E-state index in [0.717, 1.165) is 36.4 Å². The van der Waals surface area contributed by atoms with Gasteiger partial charge in [-0.1, -0.05) is 18.8 Å². The third-order valence-electron chi connectivity index (χ3n) is 4.17. The van der Waals surface area contributed by atoms with Gasteiger partial charge in [-0.25, -0.2) is 0 Å². The van der Waals surface area contributed by atoms with Gasteiger partial charge in [-0.05, 0) is 37.1 Å². The smallest absolute Gasteiger partial charge is 0.123 e. The van der Waals surface area contributed by atoms with Gasteiger partial charge in [0, 0.05) is 23.7 Å². The van der Waals surface area contributed by atoms with E-state index in [4.69, 9.17) is 10.5 Å². The van der Waals surface area contributed by atoms with Gasteiger partial charge in [0.1, 0.15) is 5.75 Å². The largest absolute Gasteiger partial charge is 0.496 e. The van der Waals surface area contributed by atoms with Crippen LogP contribution in [0.1, 0.15) is 24.5 Å². The van der Waals surface area contributed by atoms with Crippen LogP contribution in [0, 0.1) is 17.8 Å². The highest BCUT2D eigenvalue weighted by atomic mass is 16.5. The average Bonchev–Trinajstić information content (AvgIpc) is 2.85. The number of rotatable bonds is 4. The molecule has 0 aromatic heterocycles. The van der Waals surface area contributed by atoms with Gasteiger partial charge in [-0.3, -0.25) is 4.90 Å². The molecular formula is C17H24N2O2. The SMILES string of the molecule is COc1ccc(C#CCN)cc1CN1CCC(C)C1CO. The third kappa shape index (κ3) is 3.76. The summed E-state index contributed by atoms with van der Waals surface area (Å²) in [5, 5.41) is 9.57. The number of hydrogen-bond donors (Lipinski definition) is 2. The number of nitrogens with two attached hydrogens (primary N) is 1. The summed E-state index contributed by atoms with van der Waals surface area (Å²) in [4.78, 5) is 2.32. The number of aliphatic hydroxyl groups is 1. The fraction of sp³-hybridized carbons (Fsp3) is 0.529. The van der Waals surface area contributed by atoms with Crippen molar-refractivity contribution in [2.24, 2.45) is 11.7 Å². The molecule has 0 bridgehead atoms. The van der Waals surface area contributed by atoms with Gasteiger partial charge in [0.25, 0.3) is 0 Å². The number of methoxy groups -OCH3 is 1. The Hall–Kier alpha value is -1.54. The van der Waals surface area contributed by atoms with E-state index in [0.29, 0.717) is 12.5 Å². The first-order valence-corrected chi connectivity index (χ1v) is 7.40. The molecule has 114 valence electrons. The van der Waals surface area contributed by atoms with E-state index in [9.17, 15) is 5.11 Å². The van der Waals surface area contributed by atoms with Crippen LogP contribution in [0.5, 0.6) is 5.75 Å². The Kier molecular flexibility index (Phi) is 5.63. The van der Waals surface area contributed by atoms with Crippen LogP contribution < -0.4 is 10.5 Å². The quantitative estimate of drug-likeness (QED) is 0.818. The Bertz CT molecular complexity index is 533. The molecule has 21 heavy (non-hydrogen) atoms. The summed E-state index contributed by atoms with van der Waals surface area (Å²) in [5.74, 6) is 7.32. The second-order valence-corrected chi connectivity index (χ2v) is 5.52. The predicted molar refractivity (Wildman–Crippen MR) is 84.0 cm³/mol. The Balaban J connectivity index is 2.21. The first-order chi connectivity index (χ1) is 10.2. The molecule has 2 rings (SSSR count). The maximum Gasteiger partial charge on any atom is 0.123 e. The number of likely N-dealkylation sites (tertiary alicyclic amines) is 1. The molecule has 1 aromatic rings. The van der Waals surface area contributed by atoms with E-state index in [1.807, 2.05) is 12.1 Å². The Morgan fingerprint density at radius 1 is 1.48 bits per heavy atom. The molecule has 1 fully saturated rings. The highest BCUT2D eigenvalue weighted by Gasteiger charge is 2.30. The van der Waals surface area contributed by atoms with Gasteiger partial charge in [0.2, 0.25) is 0 Å². The van der Waals surface area contributed by atoms with E-state index < -0.39 is 0 Å². The van der Waals surface area contributed by atoms with Gasteiger partial charge in [0.15, 0.2) is 0 Å². The number of nitrogens with zero attached hydrogens (tertiary/aromatic N) is 1. The van der Waals surface area contributed by atoms with Crippen LogP contribution in [0.2, 0.25) is 0 Å². The lowest BCUT2D eigenvalue weighted by atomic mass is 10.0. The summed E-state index contributed by atoms with van der Waals surface area (Å²) in [6, 6.07) is 6.18. The fourth-order valence-corrected chi connectivity index (χ4v) is 2.93. The molecule has 1 saturated heterocycles. The molecule has 1 aliphatic heterocycles. The summed E-state index contributed by atoms with van der Waals surface area (Å²) < 4.78 is 5.45. The van der Waals surface area contributed by atoms with Gasteiger partial charge >= 0.3 is 0 Å². The van der Waals surface area contributed by atoms with Crippen molar-refractivity contribution < 1.29 is 9.84 Å². The molecule has 0 aliphatic carbocycles. The first kappa shape index (κ1) is 15.8. The molecule has 0 spiro atoms. The monoisotopic (exact) mass is 288 g/mol. The molecule has 1 aliphatic rings. The predicted octanol–water partition coefficient (Wildman–Crippen LogP) is 1.21. The first-order valence-electron chi connectivity index (χ1n) is 7.40. The molecule has 4 nitrogen and oxygen atoms in total. The molecule has 1 aromatic carbocycles. The Morgan fingerprint density at radius 2 is 2.29 bits per heavy atom. The van der Waals surface area contributed by atoms with Gasteiger partial charge in [0.05, 0.1) is 20.3 Å². The second-order valence-electron chi connectivity index (χ2n) is 5.52. The van der Waals surface area contributed by atoms with Crippen LogP contribution in [0.4, 0.5) is 0 Å². The third-order valence-corrected chi connectivity index (χ3v) is 4.17.